The topological polar surface area (TPSA) is 479 Å². The van der Waals surface area contributed by atoms with E-state index >= 15 is 0 Å². The Bertz CT molecular complexity index is 4270. The molecule has 1 aliphatic carbocycles. The van der Waals surface area contributed by atoms with Crippen LogP contribution in [0, 0.1) is 36.3 Å². The molecule has 0 unspecified atom stereocenters. The summed E-state index contributed by atoms with van der Waals surface area (Å²) in [4.78, 5) is 122. The van der Waals surface area contributed by atoms with Crippen LogP contribution in [0.1, 0.15) is 91.0 Å². The number of furan rings is 3. The third-order valence-corrected chi connectivity index (χ3v) is 16.2. The minimum atomic E-state index is -1.07. The number of hydrogen-bond acceptors (Lipinski definition) is 24. The fourth-order valence-electron chi connectivity index (χ4n) is 10.8. The first-order valence-corrected chi connectivity index (χ1v) is 32.6. The molecule has 550 valence electrons. The molecule has 10 amide bonds. The first kappa shape index (κ1) is 76.8. The Kier molecular flexibility index (Phi) is 26.0. The number of carbonyl (C=O) groups is 8. The molecule has 4 saturated heterocycles. The molecule has 106 heavy (non-hydrogen) atoms. The number of hydrogen-bond donors (Lipinski definition) is 7. The number of rotatable bonds is 20. The molecular formula is C71H69N13O22. The molecule has 0 radical (unpaired) electrons. The van der Waals surface area contributed by atoms with Crippen LogP contribution in [0.3, 0.4) is 0 Å². The van der Waals surface area contributed by atoms with Gasteiger partial charge in [0.25, 0.3) is 17.1 Å². The van der Waals surface area contributed by atoms with E-state index in [1.165, 1.54) is 98.6 Å². The van der Waals surface area contributed by atoms with Gasteiger partial charge in [0.15, 0.2) is 17.3 Å². The predicted molar refractivity (Wildman–Crippen MR) is 376 cm³/mol. The van der Waals surface area contributed by atoms with Gasteiger partial charge in [0, 0.05) is 83.3 Å². The number of aliphatic hydroxyl groups is 2. The van der Waals surface area contributed by atoms with Gasteiger partial charge in [-0.2, -0.15) is 15.3 Å². The predicted octanol–water partition coefficient (Wildman–Crippen LogP) is 9.59. The molecule has 0 saturated carbocycles. The van der Waals surface area contributed by atoms with Gasteiger partial charge < -0.3 is 43.4 Å². The molecule has 7 N–H and O–H groups in total. The van der Waals surface area contributed by atoms with E-state index in [4.69, 9.17) is 27.8 Å². The summed E-state index contributed by atoms with van der Waals surface area (Å²) in [6, 6.07) is 35.7. The van der Waals surface area contributed by atoms with Crippen molar-refractivity contribution in [3.63, 3.8) is 0 Å². The van der Waals surface area contributed by atoms with Gasteiger partial charge in [-0.1, -0.05) is 69.3 Å². The smallest absolute Gasteiger partial charge is 0.407 e. The monoisotopic (exact) mass is 1460 g/mol. The molecule has 3 aromatic heterocycles. The lowest BCUT2D eigenvalue weighted by atomic mass is 9.98. The molecule has 0 spiro atoms. The molecule has 5 aliphatic rings. The van der Waals surface area contributed by atoms with Gasteiger partial charge in [0.05, 0.1) is 46.6 Å². The Balaban J connectivity index is 0.000000159. The summed E-state index contributed by atoms with van der Waals surface area (Å²) in [5.74, 6) is -0.495. The van der Waals surface area contributed by atoms with E-state index in [1.54, 1.807) is 38.1 Å². The van der Waals surface area contributed by atoms with Gasteiger partial charge in [0.2, 0.25) is 17.7 Å². The van der Waals surface area contributed by atoms with Gasteiger partial charge in [0.1, 0.15) is 49.6 Å². The molecule has 4 aliphatic heterocycles. The van der Waals surface area contributed by atoms with Crippen molar-refractivity contribution in [2.75, 3.05) is 39.5 Å². The number of aliphatic carboxylic acids is 1. The second kappa shape index (κ2) is 36.0. The number of aliphatic hydroxyl groups excluding tert-OH is 2. The van der Waals surface area contributed by atoms with Gasteiger partial charge in [-0.15, -0.1) is 0 Å². The number of fused-ring (bicyclic) bond motifs is 3. The lowest BCUT2D eigenvalue weighted by Gasteiger charge is -2.19. The van der Waals surface area contributed by atoms with E-state index in [-0.39, 0.29) is 79.9 Å². The van der Waals surface area contributed by atoms with Gasteiger partial charge in [-0.3, -0.25) is 60.7 Å². The fraction of sp³-hybridized carbons (Fsp3) is 0.254. The summed E-state index contributed by atoms with van der Waals surface area (Å²) in [6.45, 7) is 6.40. The molecule has 35 nitrogen and oxygen atoms in total. The number of carbonyl (C=O) groups excluding carboxylic acids is 7. The average molecular weight is 1460 g/mol. The van der Waals surface area contributed by atoms with E-state index < -0.39 is 68.7 Å². The quantitative estimate of drug-likeness (QED) is 0.0161. The van der Waals surface area contributed by atoms with Crippen molar-refractivity contribution in [1.29, 1.82) is 0 Å². The molecule has 35 heteroatoms. The normalized spacial score (nSPS) is 14.8. The minimum Gasteiger partial charge on any atom is -0.480 e. The van der Waals surface area contributed by atoms with Crippen LogP contribution in [0.15, 0.2) is 168 Å². The minimum absolute atomic E-state index is 0.00230. The highest BCUT2D eigenvalue weighted by Gasteiger charge is 2.32. The fourth-order valence-corrected chi connectivity index (χ4v) is 10.8. The molecule has 8 aromatic rings. The Morgan fingerprint density at radius 1 is 0.557 bits per heavy atom. The molecule has 5 aromatic carbocycles. The molecule has 13 rings (SSSR count). The third kappa shape index (κ3) is 20.0. The number of alkyl carbamates (subject to hydrolysis) is 1. The summed E-state index contributed by atoms with van der Waals surface area (Å²) in [6.07, 6.45) is 7.72. The zero-order valence-electron chi connectivity index (χ0n) is 56.9. The maximum atomic E-state index is 12.0. The number of urea groups is 3. The number of hydrazone groups is 3. The Morgan fingerprint density at radius 3 is 1.19 bits per heavy atom. The number of nitro benzene ring substituents is 3. The van der Waals surface area contributed by atoms with Crippen LogP contribution in [0.5, 0.6) is 0 Å². The molecule has 1 atom stereocenters. The van der Waals surface area contributed by atoms with Crippen molar-refractivity contribution < 1.29 is 91.2 Å². The number of non-ortho nitro benzene ring substituents is 3. The van der Waals surface area contributed by atoms with Gasteiger partial charge in [-0.25, -0.2) is 39.0 Å². The van der Waals surface area contributed by atoms with E-state index in [2.05, 4.69) is 48.7 Å². The lowest BCUT2D eigenvalue weighted by Crippen LogP contribution is -2.44. The van der Waals surface area contributed by atoms with Crippen LogP contribution in [0.25, 0.3) is 45.1 Å². The maximum absolute atomic E-state index is 12.0. The first-order chi connectivity index (χ1) is 50.9. The SMILES string of the molecule is C1CCOCC1.CC(C)[C@H](NC(=O)OCC1c2ccccc2-c2ccccc21)C(=O)O.CCc1cc(-c2ccc([N+](=O)[O-])cc2)oc1/C=N/N1CC(=O)NC1=O.O=C1CN(/N=C/c2oc(-c3ccc([N+](=O)[O-])cc3)cc2CO)C(=O)N1.O=C1CN(/N=C/c2oc(-c3ccc([N+](=O)[O-])cc3)cc2CO)C(=O)N1. The number of carboxylic acid groups (broad SMARTS) is 1. The number of nitrogens with one attached hydrogen (secondary N) is 4. The molecule has 7 heterocycles. The number of nitro groups is 3. The zero-order valence-corrected chi connectivity index (χ0v) is 56.9. The van der Waals surface area contributed by atoms with Gasteiger partial charge >= 0.3 is 30.2 Å². The van der Waals surface area contributed by atoms with Crippen LogP contribution in [0.2, 0.25) is 0 Å². The van der Waals surface area contributed by atoms with Crippen LogP contribution in [0.4, 0.5) is 36.2 Å². The highest BCUT2D eigenvalue weighted by Crippen LogP contribution is 2.44. The Hall–Kier alpha value is -13.4. The number of amides is 10. The standard InChI is InChI=1S/C20H21NO4.C16H14N4O5.2C15H12N4O6.C5H10O/c1-12(2)18(19(22)23)21-20(24)25-11-17-15-9-5-3-7-13(15)14-8-4-6-10-16(14)17;1-2-10-7-13(11-3-5-12(6-4-11)20(23)24)25-14(10)8-17-19-9-15(21)18-16(19)22;2*20-8-10-5-12(9-1-3-11(4-2-9)19(23)24)25-13(10)6-16-18-7-14(21)17-15(18)22;1-2-4-6-5-3-1/h3-10,12,17-18H,11H2,1-2H3,(H,21,24)(H,22,23);3-8H,2,9H2,1H3,(H,18,21,22);2*1-6,20H,7-8H2,(H,17,21,22);1-5H2/b;17-8+;2*16-6+;/t18-;;;;/m0..../s1. The third-order valence-electron chi connectivity index (χ3n) is 16.2. The number of aryl methyl sites for hydroxylation is 1. The molecule has 0 bridgehead atoms. The second-order valence-electron chi connectivity index (χ2n) is 23.8. The summed E-state index contributed by atoms with van der Waals surface area (Å²) >= 11 is 0. The number of carboxylic acids is 1. The first-order valence-electron chi connectivity index (χ1n) is 32.6. The number of ether oxygens (including phenoxy) is 2. The van der Waals surface area contributed by atoms with Crippen molar-refractivity contribution in [3.05, 3.63) is 215 Å². The largest absolute Gasteiger partial charge is 0.480 e. The number of nitrogens with zero attached hydrogens (tertiary/aromatic N) is 9. The zero-order chi connectivity index (χ0) is 76.1. The Labute approximate surface area is 601 Å². The van der Waals surface area contributed by atoms with Crippen molar-refractivity contribution in [2.24, 2.45) is 21.2 Å². The van der Waals surface area contributed by atoms with Crippen LogP contribution < -0.4 is 21.3 Å². The molecule has 4 fully saturated rings. The van der Waals surface area contributed by atoms with E-state index in [1.807, 2.05) is 49.4 Å². The number of benzene rings is 5. The highest BCUT2D eigenvalue weighted by atomic mass is 16.6. The van der Waals surface area contributed by atoms with Crippen LogP contribution >= 0.6 is 0 Å². The molecular weight excluding hydrogens is 1390 g/mol. The number of imide groups is 3. The van der Waals surface area contributed by atoms with Gasteiger partial charge in [-0.05, 0) is 114 Å². The van der Waals surface area contributed by atoms with E-state index in [0.29, 0.717) is 57.3 Å². The summed E-state index contributed by atoms with van der Waals surface area (Å²) in [5.41, 5.74) is 7.98. The van der Waals surface area contributed by atoms with E-state index in [0.717, 1.165) is 56.1 Å². The van der Waals surface area contributed by atoms with Crippen molar-refractivity contribution in [1.82, 2.24) is 36.3 Å². The summed E-state index contributed by atoms with van der Waals surface area (Å²) < 4.78 is 27.4. The maximum Gasteiger partial charge on any atom is 0.407 e. The van der Waals surface area contributed by atoms with Crippen LogP contribution in [-0.4, -0.2) is 157 Å². The van der Waals surface area contributed by atoms with Crippen molar-refractivity contribution in [3.8, 4) is 45.1 Å². The summed E-state index contributed by atoms with van der Waals surface area (Å²) in [7, 11) is 0. The Morgan fingerprint density at radius 2 is 0.906 bits per heavy atom. The summed E-state index contributed by atoms with van der Waals surface area (Å²) in [5, 5.41) is 83.4. The average Bonchev–Trinajstić information content (AvgIpc) is 1.61. The second-order valence-corrected chi connectivity index (χ2v) is 23.8. The highest BCUT2D eigenvalue weighted by molar-refractivity contribution is 6.03. The van der Waals surface area contributed by atoms with Crippen molar-refractivity contribution in [2.45, 2.75) is 71.6 Å². The van der Waals surface area contributed by atoms with Crippen LogP contribution in [-0.2, 0) is 48.3 Å². The van der Waals surface area contributed by atoms with Crippen molar-refractivity contribution >= 4 is 83.6 Å². The lowest BCUT2D eigenvalue weighted by molar-refractivity contribution is -0.385. The van der Waals surface area contributed by atoms with E-state index in [9.17, 15) is 78.9 Å².